The molecule has 0 radical (unpaired) electrons. The second-order valence-electron chi connectivity index (χ2n) is 9.24. The van der Waals surface area contributed by atoms with Crippen molar-refractivity contribution in [2.75, 3.05) is 12.0 Å². The largest absolute Gasteiger partial charge is 0.460 e. The van der Waals surface area contributed by atoms with E-state index in [2.05, 4.69) is 10.9 Å². The van der Waals surface area contributed by atoms with Gasteiger partial charge in [-0.2, -0.15) is 0 Å². The van der Waals surface area contributed by atoms with Gasteiger partial charge in [-0.3, -0.25) is 9.59 Å². The zero-order chi connectivity index (χ0) is 21.4. The summed E-state index contributed by atoms with van der Waals surface area (Å²) in [6, 6.07) is 7.31. The number of anilines is 1. The zero-order valence-corrected chi connectivity index (χ0v) is 18.2. The smallest absolute Gasteiger partial charge is 0.311 e. The minimum absolute atomic E-state index is 0.169. The third-order valence-corrected chi connectivity index (χ3v) is 4.33. The van der Waals surface area contributed by atoms with Crippen LogP contribution < -0.4 is 16.6 Å². The van der Waals surface area contributed by atoms with E-state index in [1.807, 2.05) is 65.8 Å². The van der Waals surface area contributed by atoms with E-state index in [9.17, 15) is 9.59 Å². The van der Waals surface area contributed by atoms with E-state index in [0.29, 0.717) is 6.54 Å². The fourth-order valence-electron chi connectivity index (χ4n) is 2.50. The summed E-state index contributed by atoms with van der Waals surface area (Å²) in [6.45, 7) is 12.2. The number of benzene rings is 1. The summed E-state index contributed by atoms with van der Waals surface area (Å²) in [6.07, 6.45) is 2.54. The van der Waals surface area contributed by atoms with Gasteiger partial charge < -0.3 is 15.9 Å². The lowest BCUT2D eigenvalue weighted by molar-refractivity contribution is -0.154. The van der Waals surface area contributed by atoms with Crippen LogP contribution >= 0.6 is 0 Å². The first-order valence-corrected chi connectivity index (χ1v) is 9.97. The van der Waals surface area contributed by atoms with Crippen LogP contribution in [0.3, 0.4) is 0 Å². The summed E-state index contributed by atoms with van der Waals surface area (Å²) in [7, 11) is 0. The van der Waals surface area contributed by atoms with Crippen LogP contribution in [0.15, 0.2) is 24.3 Å². The molecule has 0 saturated heterocycles. The summed E-state index contributed by atoms with van der Waals surface area (Å²) in [5.41, 5.74) is 12.7. The molecule has 1 atom stereocenters. The molecule has 0 bridgehead atoms. The first-order chi connectivity index (χ1) is 12.9. The lowest BCUT2D eigenvalue weighted by Gasteiger charge is -2.26. The van der Waals surface area contributed by atoms with Crippen molar-refractivity contribution in [3.63, 3.8) is 0 Å². The molecule has 1 aromatic rings. The van der Waals surface area contributed by atoms with Crippen LogP contribution in [-0.4, -0.2) is 24.3 Å². The van der Waals surface area contributed by atoms with E-state index in [1.54, 1.807) is 0 Å². The summed E-state index contributed by atoms with van der Waals surface area (Å²) in [5.74, 6) is -0.0554. The molecule has 0 aliphatic rings. The molecule has 1 rings (SSSR count). The van der Waals surface area contributed by atoms with Crippen molar-refractivity contribution < 1.29 is 14.3 Å². The summed E-state index contributed by atoms with van der Waals surface area (Å²) < 4.78 is 5.32. The first kappa shape index (κ1) is 24.1. The molecule has 4 N–H and O–H groups in total. The highest BCUT2D eigenvalue weighted by Crippen LogP contribution is 2.20. The number of Topliss-reactive ketones (excluding diaryl/α,β-unsaturated/α-hetero) is 1. The molecule has 6 heteroatoms. The van der Waals surface area contributed by atoms with Crippen molar-refractivity contribution in [1.29, 1.82) is 0 Å². The van der Waals surface area contributed by atoms with Crippen molar-refractivity contribution in [1.82, 2.24) is 5.43 Å². The number of hydrazine groups is 1. The van der Waals surface area contributed by atoms with Gasteiger partial charge in [-0.25, -0.2) is 5.43 Å². The van der Waals surface area contributed by atoms with Crippen LogP contribution in [0.1, 0.15) is 66.4 Å². The van der Waals surface area contributed by atoms with E-state index in [0.717, 1.165) is 30.5 Å². The number of hydrogen-bond acceptors (Lipinski definition) is 6. The number of nitrogens with one attached hydrogen (secondary N) is 2. The van der Waals surface area contributed by atoms with E-state index in [-0.39, 0.29) is 24.4 Å². The molecule has 0 fully saturated rings. The molecule has 6 nitrogen and oxygen atoms in total. The monoisotopic (exact) mass is 391 g/mol. The number of ketones is 1. The van der Waals surface area contributed by atoms with Gasteiger partial charge in [0, 0.05) is 11.1 Å². The van der Waals surface area contributed by atoms with E-state index >= 15 is 0 Å². The molecule has 0 aromatic heterocycles. The average Bonchev–Trinajstić information content (AvgIpc) is 2.61. The van der Waals surface area contributed by atoms with Gasteiger partial charge in [0.15, 0.2) is 5.78 Å². The average molecular weight is 392 g/mol. The Bertz CT molecular complexity index is 628. The maximum Gasteiger partial charge on any atom is 0.311 e. The standard InChI is InChI=1S/C22H37N3O3/c1-21(2,3)19(26)18(9-7-8-14-23)25-24-17-12-10-16(11-13-17)15-28-20(27)22(4,5)6/h10-13,18,24-25H,7-9,14-15,23H2,1-6H3/t18-/m0/s1. The number of unbranched alkanes of at least 4 members (excludes halogenated alkanes) is 1. The quantitative estimate of drug-likeness (QED) is 0.319. The molecule has 0 unspecified atom stereocenters. The number of esters is 1. The normalized spacial score (nSPS) is 13.1. The number of nitrogens with two attached hydrogens (primary N) is 1. The van der Waals surface area contributed by atoms with Gasteiger partial charge in [0.25, 0.3) is 0 Å². The van der Waals surface area contributed by atoms with E-state index in [1.165, 1.54) is 0 Å². The van der Waals surface area contributed by atoms with Crippen LogP contribution in [0.25, 0.3) is 0 Å². The molecule has 28 heavy (non-hydrogen) atoms. The maximum atomic E-state index is 12.7. The Balaban J connectivity index is 2.63. The van der Waals surface area contributed by atoms with Crippen LogP contribution in [-0.2, 0) is 20.9 Å². The Labute approximate surface area is 169 Å². The Morgan fingerprint density at radius 1 is 1.00 bits per heavy atom. The molecule has 1 aromatic carbocycles. The molecule has 158 valence electrons. The van der Waals surface area contributed by atoms with Crippen molar-refractivity contribution in [3.05, 3.63) is 29.8 Å². The SMILES string of the molecule is CC(C)(C)C(=O)OCc1ccc(NN[C@@H](CCCCN)C(=O)C(C)(C)C)cc1. The molecule has 0 amide bonds. The highest BCUT2D eigenvalue weighted by molar-refractivity contribution is 5.88. The van der Waals surface area contributed by atoms with Crippen LogP contribution in [0.2, 0.25) is 0 Å². The fraction of sp³-hybridized carbons (Fsp3) is 0.636. The van der Waals surface area contributed by atoms with Gasteiger partial charge in [0.1, 0.15) is 6.61 Å². The Morgan fingerprint density at radius 2 is 1.61 bits per heavy atom. The second kappa shape index (κ2) is 10.6. The molecular weight excluding hydrogens is 354 g/mol. The van der Waals surface area contributed by atoms with Crippen molar-refractivity contribution >= 4 is 17.4 Å². The van der Waals surface area contributed by atoms with Gasteiger partial charge >= 0.3 is 5.97 Å². The number of carbonyl (C=O) groups excluding carboxylic acids is 2. The van der Waals surface area contributed by atoms with Gasteiger partial charge in [-0.15, -0.1) is 0 Å². The molecule has 0 spiro atoms. The first-order valence-electron chi connectivity index (χ1n) is 9.97. The van der Waals surface area contributed by atoms with Gasteiger partial charge in [0.05, 0.1) is 11.5 Å². The van der Waals surface area contributed by atoms with Crippen LogP contribution in [0.4, 0.5) is 5.69 Å². The third-order valence-electron chi connectivity index (χ3n) is 4.33. The predicted octanol–water partition coefficient (Wildman–Crippen LogP) is 3.81. The summed E-state index contributed by atoms with van der Waals surface area (Å²) in [4.78, 5) is 24.5. The molecule has 0 aliphatic heterocycles. The minimum Gasteiger partial charge on any atom is -0.460 e. The van der Waals surface area contributed by atoms with Crippen molar-refractivity contribution in [2.45, 2.75) is 73.5 Å². The highest BCUT2D eigenvalue weighted by Gasteiger charge is 2.29. The number of ether oxygens (including phenoxy) is 1. The van der Waals surface area contributed by atoms with Gasteiger partial charge in [0.2, 0.25) is 0 Å². The van der Waals surface area contributed by atoms with Crippen molar-refractivity contribution in [3.8, 4) is 0 Å². The van der Waals surface area contributed by atoms with Gasteiger partial charge in [-0.05, 0) is 57.9 Å². The zero-order valence-electron chi connectivity index (χ0n) is 18.2. The second-order valence-corrected chi connectivity index (χ2v) is 9.24. The lowest BCUT2D eigenvalue weighted by Crippen LogP contribution is -2.45. The van der Waals surface area contributed by atoms with Crippen molar-refractivity contribution in [2.24, 2.45) is 16.6 Å². The Morgan fingerprint density at radius 3 is 2.11 bits per heavy atom. The predicted molar refractivity (Wildman–Crippen MR) is 114 cm³/mol. The maximum absolute atomic E-state index is 12.7. The Hall–Kier alpha value is -1.92. The minimum atomic E-state index is -0.510. The molecular formula is C22H37N3O3. The van der Waals surface area contributed by atoms with Crippen LogP contribution in [0, 0.1) is 10.8 Å². The molecule has 0 saturated carbocycles. The fourth-order valence-corrected chi connectivity index (χ4v) is 2.50. The van der Waals surface area contributed by atoms with Gasteiger partial charge in [-0.1, -0.05) is 39.3 Å². The van der Waals surface area contributed by atoms with E-state index in [4.69, 9.17) is 10.5 Å². The highest BCUT2D eigenvalue weighted by atomic mass is 16.5. The number of hydrogen-bond donors (Lipinski definition) is 3. The topological polar surface area (TPSA) is 93.4 Å². The summed E-state index contributed by atoms with van der Waals surface area (Å²) in [5, 5.41) is 0. The molecule has 0 aliphatic carbocycles. The van der Waals surface area contributed by atoms with E-state index < -0.39 is 10.8 Å². The third kappa shape index (κ3) is 8.40. The summed E-state index contributed by atoms with van der Waals surface area (Å²) >= 11 is 0. The lowest BCUT2D eigenvalue weighted by atomic mass is 9.85. The number of rotatable bonds is 10. The van der Waals surface area contributed by atoms with Crippen LogP contribution in [0.5, 0.6) is 0 Å². The molecule has 0 heterocycles. The number of carbonyl (C=O) groups is 2. The Kier molecular flexibility index (Phi) is 9.11.